The van der Waals surface area contributed by atoms with Crippen LogP contribution in [0.1, 0.15) is 15.9 Å². The van der Waals surface area contributed by atoms with E-state index >= 15 is 0 Å². The van der Waals surface area contributed by atoms with Crippen LogP contribution >= 0.6 is 11.6 Å². The van der Waals surface area contributed by atoms with Gasteiger partial charge in [-0.15, -0.1) is 0 Å². The summed E-state index contributed by atoms with van der Waals surface area (Å²) in [7, 11) is -3.40. The average molecular weight is 407 g/mol. The molecule has 7 nitrogen and oxygen atoms in total. The predicted octanol–water partition coefficient (Wildman–Crippen LogP) is 3.51. The molecule has 1 aliphatic heterocycles. The molecule has 0 fully saturated rings. The maximum atomic E-state index is 13.1. The van der Waals surface area contributed by atoms with Crippen molar-refractivity contribution in [2.75, 3.05) is 10.7 Å². The molecule has 1 amide bonds. The summed E-state index contributed by atoms with van der Waals surface area (Å²) in [5.41, 5.74) is 1.13. The minimum atomic E-state index is -3.40. The number of sulfone groups is 1. The fourth-order valence-electron chi connectivity index (χ4n) is 2.81. The van der Waals surface area contributed by atoms with Crippen LogP contribution in [0.4, 0.5) is 11.4 Å². The van der Waals surface area contributed by atoms with Gasteiger partial charge in [0.15, 0.2) is 9.84 Å². The topological polar surface area (TPSA) is 97.6 Å². The maximum Gasteiger partial charge on any atom is 0.288 e. The maximum absolute atomic E-state index is 13.1. The van der Waals surface area contributed by atoms with Crippen molar-refractivity contribution < 1.29 is 18.1 Å². The number of nitrogens with zero attached hydrogens (tertiary/aromatic N) is 2. The molecule has 27 heavy (non-hydrogen) atoms. The van der Waals surface area contributed by atoms with Crippen LogP contribution in [0.25, 0.3) is 0 Å². The molecule has 1 aliphatic rings. The van der Waals surface area contributed by atoms with Gasteiger partial charge in [0, 0.05) is 22.7 Å². The van der Waals surface area contributed by atoms with Crippen LogP contribution in [0.15, 0.2) is 53.9 Å². The molecule has 2 aromatic rings. The summed E-state index contributed by atoms with van der Waals surface area (Å²) in [6.07, 6.45) is 1.44. The van der Waals surface area contributed by atoms with Crippen molar-refractivity contribution in [1.82, 2.24) is 0 Å². The van der Waals surface area contributed by atoms with E-state index in [1.54, 1.807) is 24.3 Å². The third kappa shape index (κ3) is 4.01. The molecule has 0 radical (unpaired) electrons. The van der Waals surface area contributed by atoms with Crippen LogP contribution in [-0.2, 0) is 9.84 Å². The van der Waals surface area contributed by atoms with Crippen LogP contribution in [-0.4, -0.2) is 31.0 Å². The molecule has 0 N–H and O–H groups in total. The average Bonchev–Trinajstić information content (AvgIpc) is 2.96. The number of carbonyl (C=O) groups excluding carboxylic acids is 1. The van der Waals surface area contributed by atoms with Crippen LogP contribution in [0.2, 0.25) is 5.02 Å². The summed E-state index contributed by atoms with van der Waals surface area (Å²) >= 11 is 5.82. The Morgan fingerprint density at radius 1 is 1.22 bits per heavy atom. The number of aryl methyl sites for hydroxylation is 1. The van der Waals surface area contributed by atoms with Crippen molar-refractivity contribution in [3.05, 3.63) is 80.2 Å². The summed E-state index contributed by atoms with van der Waals surface area (Å²) in [5.74, 6) is -0.798. The highest BCUT2D eigenvalue weighted by Gasteiger charge is 2.32. The minimum absolute atomic E-state index is 0.0457. The van der Waals surface area contributed by atoms with Gasteiger partial charge >= 0.3 is 0 Å². The van der Waals surface area contributed by atoms with Crippen molar-refractivity contribution in [3.8, 4) is 0 Å². The highest BCUT2D eigenvalue weighted by atomic mass is 35.5. The molecule has 2 aromatic carbocycles. The summed E-state index contributed by atoms with van der Waals surface area (Å²) in [6, 6.07) is 10.1. The molecule has 1 heterocycles. The van der Waals surface area contributed by atoms with Crippen molar-refractivity contribution >= 4 is 38.7 Å². The van der Waals surface area contributed by atoms with Crippen molar-refractivity contribution in [2.45, 2.75) is 13.0 Å². The molecule has 0 aromatic heterocycles. The molecule has 140 valence electrons. The van der Waals surface area contributed by atoms with E-state index in [1.165, 1.54) is 23.1 Å². The van der Waals surface area contributed by atoms with E-state index in [-0.39, 0.29) is 22.0 Å². The Labute approximate surface area is 160 Å². The Morgan fingerprint density at radius 3 is 2.44 bits per heavy atom. The van der Waals surface area contributed by atoms with Crippen molar-refractivity contribution in [2.24, 2.45) is 0 Å². The monoisotopic (exact) mass is 406 g/mol. The molecule has 0 saturated carbocycles. The molecular formula is C18H15ClN2O5S. The molecular weight excluding hydrogens is 392 g/mol. The second-order valence-electron chi connectivity index (χ2n) is 6.16. The van der Waals surface area contributed by atoms with Gasteiger partial charge in [0.05, 0.1) is 16.7 Å². The van der Waals surface area contributed by atoms with E-state index in [1.807, 2.05) is 6.92 Å². The lowest BCUT2D eigenvalue weighted by molar-refractivity contribution is -0.384. The zero-order valence-electron chi connectivity index (χ0n) is 14.2. The lowest BCUT2D eigenvalue weighted by Gasteiger charge is -2.28. The normalized spacial score (nSPS) is 17.6. The van der Waals surface area contributed by atoms with Gasteiger partial charge in [0.1, 0.15) is 5.02 Å². The zero-order chi connectivity index (χ0) is 19.8. The van der Waals surface area contributed by atoms with Crippen LogP contribution < -0.4 is 4.90 Å². The van der Waals surface area contributed by atoms with Gasteiger partial charge < -0.3 is 4.90 Å². The number of hydrogen-bond acceptors (Lipinski definition) is 5. The molecule has 3 rings (SSSR count). The first kappa shape index (κ1) is 19.1. The third-order valence-electron chi connectivity index (χ3n) is 4.16. The smallest absolute Gasteiger partial charge is 0.288 e. The standard InChI is InChI=1S/C18H15ClN2O5S/c1-12-2-5-14(6-3-12)20(15-8-9-27(25,26)11-15)18(22)13-4-7-16(19)17(10-13)21(23)24/h2-10,15H,11H2,1H3/t15-/m1/s1. The Hall–Kier alpha value is -2.71. The SMILES string of the molecule is Cc1ccc(N(C(=O)c2ccc(Cl)c([N+](=O)[O-])c2)[C@@H]2C=CS(=O)(=O)C2)cc1. The van der Waals surface area contributed by atoms with Crippen molar-refractivity contribution in [1.29, 1.82) is 0 Å². The van der Waals surface area contributed by atoms with Crippen molar-refractivity contribution in [3.63, 3.8) is 0 Å². The van der Waals surface area contributed by atoms with E-state index in [4.69, 9.17) is 11.6 Å². The minimum Gasteiger partial charge on any atom is -0.300 e. The van der Waals surface area contributed by atoms with Gasteiger partial charge in [-0.3, -0.25) is 14.9 Å². The Bertz CT molecular complexity index is 1050. The first-order chi connectivity index (χ1) is 12.7. The van der Waals surface area contributed by atoms with E-state index < -0.39 is 26.7 Å². The second-order valence-corrected chi connectivity index (χ2v) is 8.50. The Balaban J connectivity index is 2.06. The number of nitro benzene ring substituents is 1. The van der Waals surface area contributed by atoms with E-state index in [0.717, 1.165) is 17.0 Å². The number of halogens is 1. The third-order valence-corrected chi connectivity index (χ3v) is 5.86. The largest absolute Gasteiger partial charge is 0.300 e. The van der Waals surface area contributed by atoms with Gasteiger partial charge in [-0.25, -0.2) is 8.42 Å². The van der Waals surface area contributed by atoms with Crippen LogP contribution in [0.5, 0.6) is 0 Å². The first-order valence-electron chi connectivity index (χ1n) is 7.93. The van der Waals surface area contributed by atoms with Gasteiger partial charge in [-0.1, -0.05) is 29.3 Å². The molecule has 1 atom stereocenters. The number of hydrogen-bond donors (Lipinski definition) is 0. The molecule has 0 bridgehead atoms. The summed E-state index contributed by atoms with van der Waals surface area (Å²) in [4.78, 5) is 24.9. The van der Waals surface area contributed by atoms with E-state index in [9.17, 15) is 23.3 Å². The number of rotatable bonds is 4. The van der Waals surface area contributed by atoms with Crippen LogP contribution in [0, 0.1) is 17.0 Å². The number of nitro groups is 1. The highest BCUT2D eigenvalue weighted by Crippen LogP contribution is 2.29. The number of carbonyl (C=O) groups is 1. The van der Waals surface area contributed by atoms with Gasteiger partial charge in [0.2, 0.25) is 0 Å². The zero-order valence-corrected chi connectivity index (χ0v) is 15.8. The highest BCUT2D eigenvalue weighted by molar-refractivity contribution is 7.94. The quantitative estimate of drug-likeness (QED) is 0.571. The first-order valence-corrected chi connectivity index (χ1v) is 10.0. The lowest BCUT2D eigenvalue weighted by atomic mass is 10.1. The summed E-state index contributed by atoms with van der Waals surface area (Å²) in [5, 5.41) is 12.1. The lowest BCUT2D eigenvalue weighted by Crippen LogP contribution is -2.41. The van der Waals surface area contributed by atoms with Gasteiger partial charge in [-0.05, 0) is 37.3 Å². The molecule has 0 saturated heterocycles. The molecule has 9 heteroatoms. The molecule has 0 spiro atoms. The Morgan fingerprint density at radius 2 is 1.89 bits per heavy atom. The summed E-state index contributed by atoms with van der Waals surface area (Å²) < 4.78 is 23.7. The second kappa shape index (κ2) is 7.13. The summed E-state index contributed by atoms with van der Waals surface area (Å²) in [6.45, 7) is 1.89. The fraction of sp³-hybridized carbons (Fsp3) is 0.167. The van der Waals surface area contributed by atoms with Gasteiger partial charge in [0.25, 0.3) is 11.6 Å². The molecule has 0 aliphatic carbocycles. The van der Waals surface area contributed by atoms with Crippen LogP contribution in [0.3, 0.4) is 0 Å². The van der Waals surface area contributed by atoms with Gasteiger partial charge in [-0.2, -0.15) is 0 Å². The fourth-order valence-corrected chi connectivity index (χ4v) is 4.26. The van der Waals surface area contributed by atoms with E-state index in [0.29, 0.717) is 5.69 Å². The number of anilines is 1. The Kier molecular flexibility index (Phi) is 5.03. The predicted molar refractivity (Wildman–Crippen MR) is 103 cm³/mol. The van der Waals surface area contributed by atoms with E-state index in [2.05, 4.69) is 0 Å². The molecule has 0 unspecified atom stereocenters. The number of benzene rings is 2. The number of amides is 1.